The van der Waals surface area contributed by atoms with Crippen molar-refractivity contribution in [2.75, 3.05) is 13.2 Å². The van der Waals surface area contributed by atoms with Gasteiger partial charge < -0.3 is 36.0 Å². The molecule has 0 aromatic carbocycles. The summed E-state index contributed by atoms with van der Waals surface area (Å²) in [6.45, 7) is 8.39. The average Bonchev–Trinajstić information content (AvgIpc) is 3.13. The molecule has 1 rings (SSSR count). The molecule has 0 radical (unpaired) electrons. The second-order valence-electron chi connectivity index (χ2n) is 16.7. The zero-order valence-electron chi connectivity index (χ0n) is 35.1. The molecule has 0 bridgehead atoms. The maximum absolute atomic E-state index is 13.9. The molecule has 0 aromatic rings. The minimum atomic E-state index is -1.43. The van der Waals surface area contributed by atoms with E-state index in [1.54, 1.807) is 4.90 Å². The van der Waals surface area contributed by atoms with Crippen LogP contribution in [0.15, 0.2) is 0 Å². The lowest BCUT2D eigenvalue weighted by Crippen LogP contribution is -2.69. The lowest BCUT2D eigenvalue weighted by molar-refractivity contribution is -0.231. The van der Waals surface area contributed by atoms with Crippen LogP contribution >= 0.6 is 0 Å². The van der Waals surface area contributed by atoms with Crippen LogP contribution in [-0.2, 0) is 14.3 Å². The first-order chi connectivity index (χ1) is 25.7. The molecule has 0 saturated carbocycles. The summed E-state index contributed by atoms with van der Waals surface area (Å²) in [4.78, 5) is 28.7. The highest BCUT2D eigenvalue weighted by Crippen LogP contribution is 2.26. The van der Waals surface area contributed by atoms with E-state index in [4.69, 9.17) is 10.5 Å². The Morgan fingerprint density at radius 1 is 0.642 bits per heavy atom. The maximum Gasteiger partial charge on any atom is 0.237 e. The summed E-state index contributed by atoms with van der Waals surface area (Å²) in [6.07, 6.45) is 29.1. The highest BCUT2D eigenvalue weighted by atomic mass is 16.5. The fourth-order valence-electron chi connectivity index (χ4n) is 7.71. The van der Waals surface area contributed by atoms with Gasteiger partial charge in [-0.1, -0.05) is 188 Å². The van der Waals surface area contributed by atoms with Crippen molar-refractivity contribution < 1.29 is 29.6 Å². The number of ether oxygens (including phenoxy) is 1. The van der Waals surface area contributed by atoms with Crippen molar-refractivity contribution in [3.63, 3.8) is 0 Å². The summed E-state index contributed by atoms with van der Waals surface area (Å²) >= 11 is 0. The average molecular weight is 754 g/mol. The Balaban J connectivity index is 2.70. The van der Waals surface area contributed by atoms with E-state index in [-0.39, 0.29) is 11.8 Å². The van der Waals surface area contributed by atoms with Crippen LogP contribution in [0.2, 0.25) is 0 Å². The molecule has 53 heavy (non-hydrogen) atoms. The number of rotatable bonds is 35. The highest BCUT2D eigenvalue weighted by Gasteiger charge is 2.48. The van der Waals surface area contributed by atoms with E-state index in [0.29, 0.717) is 19.4 Å². The number of hydrogen-bond donors (Lipinski definition) is 5. The number of carbonyl (C=O) groups is 2. The van der Waals surface area contributed by atoms with Gasteiger partial charge in [0.25, 0.3) is 0 Å². The van der Waals surface area contributed by atoms with Gasteiger partial charge in [0.15, 0.2) is 6.23 Å². The van der Waals surface area contributed by atoms with E-state index < -0.39 is 49.1 Å². The van der Waals surface area contributed by atoms with E-state index >= 15 is 0 Å². The zero-order chi connectivity index (χ0) is 39.1. The van der Waals surface area contributed by atoms with E-state index in [2.05, 4.69) is 19.2 Å². The largest absolute Gasteiger partial charge is 0.394 e. The van der Waals surface area contributed by atoms with Gasteiger partial charge in [0.2, 0.25) is 11.8 Å². The van der Waals surface area contributed by atoms with Gasteiger partial charge >= 0.3 is 0 Å². The highest BCUT2D eigenvalue weighted by molar-refractivity contribution is 5.82. The molecule has 314 valence electrons. The lowest BCUT2D eigenvalue weighted by atomic mass is 9.94. The second-order valence-corrected chi connectivity index (χ2v) is 16.7. The van der Waals surface area contributed by atoms with Gasteiger partial charge in [0.05, 0.1) is 12.6 Å². The molecule has 6 N–H and O–H groups in total. The number of nitrogens with zero attached hydrogens (tertiary/aromatic N) is 1. The summed E-state index contributed by atoms with van der Waals surface area (Å²) in [5, 5.41) is 34.8. The summed E-state index contributed by atoms with van der Waals surface area (Å²) < 4.78 is 6.15. The molecule has 0 aliphatic carbocycles. The summed E-state index contributed by atoms with van der Waals surface area (Å²) in [7, 11) is 0. The van der Waals surface area contributed by atoms with Gasteiger partial charge in [-0.15, -0.1) is 0 Å². The third-order valence-electron chi connectivity index (χ3n) is 11.1. The second kappa shape index (κ2) is 32.9. The molecule has 1 fully saturated rings. The minimum absolute atomic E-state index is 0.0845. The first-order valence-electron chi connectivity index (χ1n) is 22.7. The summed E-state index contributed by atoms with van der Waals surface area (Å²) in [5.74, 6) is -0.341. The molecule has 1 heterocycles. The smallest absolute Gasteiger partial charge is 0.237 e. The number of aliphatic hydroxyl groups is 3. The molecule has 9 nitrogen and oxygen atoms in total. The van der Waals surface area contributed by atoms with E-state index in [1.165, 1.54) is 135 Å². The number of aliphatic hydroxyl groups excluding tert-OH is 3. The monoisotopic (exact) mass is 754 g/mol. The van der Waals surface area contributed by atoms with Gasteiger partial charge in [-0.05, 0) is 25.2 Å². The van der Waals surface area contributed by atoms with Gasteiger partial charge in [-0.25, -0.2) is 0 Å². The Labute approximate surface area is 326 Å². The number of hydrogen-bond acceptors (Lipinski definition) is 7. The van der Waals surface area contributed by atoms with Crippen molar-refractivity contribution in [1.29, 1.82) is 0 Å². The maximum atomic E-state index is 13.9. The van der Waals surface area contributed by atoms with Crippen LogP contribution in [0.5, 0.6) is 0 Å². The first-order valence-corrected chi connectivity index (χ1v) is 22.7. The predicted molar refractivity (Wildman–Crippen MR) is 219 cm³/mol. The fourth-order valence-corrected chi connectivity index (χ4v) is 7.71. The molecule has 1 aliphatic heterocycles. The molecular formula is C44H87N3O6. The summed E-state index contributed by atoms with van der Waals surface area (Å²) in [5.41, 5.74) is 6.19. The Morgan fingerprint density at radius 2 is 1.04 bits per heavy atom. The molecule has 0 unspecified atom stereocenters. The number of nitrogens with two attached hydrogens (primary N) is 1. The zero-order valence-corrected chi connectivity index (χ0v) is 35.1. The van der Waals surface area contributed by atoms with Crippen molar-refractivity contribution in [3.8, 4) is 0 Å². The molecule has 6 atom stereocenters. The third-order valence-corrected chi connectivity index (χ3v) is 11.1. The van der Waals surface area contributed by atoms with Crippen LogP contribution in [0.1, 0.15) is 214 Å². The molecule has 9 heteroatoms. The van der Waals surface area contributed by atoms with Crippen molar-refractivity contribution in [3.05, 3.63) is 0 Å². The Kier molecular flexibility index (Phi) is 30.9. The first kappa shape index (κ1) is 49.8. The fraction of sp³-hybridized carbons (Fsp3) is 0.955. The Morgan fingerprint density at radius 3 is 1.43 bits per heavy atom. The molecule has 1 saturated heterocycles. The molecule has 0 aromatic heterocycles. The summed E-state index contributed by atoms with van der Waals surface area (Å²) in [6, 6.07) is -1.86. The SMILES string of the molecule is CCCCCCCCCCCCCCCCCC(=O)N(CCCCCCCCCCCCCC)[C@@H]1O[C@H](CO)[C@H](O)[C@H](O)[C@H]1NC(=O)[C@@H](N)CC(C)C. The standard InChI is InChI=1S/C44H87N3O6/c1-5-7-9-11-13-15-17-19-20-21-22-24-26-28-30-32-39(49)47(33-31-29-27-25-23-18-16-14-12-10-8-6-2)44-40(42(51)41(50)38(35-48)53-44)46-43(52)37(45)34-36(3)4/h36-38,40-42,44,48,50-51H,5-35,45H2,1-4H3,(H,46,52)/t37-,38+,40+,41-,42+,44+/m0/s1. The van der Waals surface area contributed by atoms with Crippen LogP contribution in [0.4, 0.5) is 0 Å². The van der Waals surface area contributed by atoms with E-state index in [1.807, 2.05) is 13.8 Å². The van der Waals surface area contributed by atoms with Crippen molar-refractivity contribution in [2.24, 2.45) is 11.7 Å². The number of unbranched alkanes of at least 4 members (excludes halogenated alkanes) is 25. The Bertz CT molecular complexity index is 876. The van der Waals surface area contributed by atoms with Crippen LogP contribution < -0.4 is 11.1 Å². The third kappa shape index (κ3) is 23.4. The van der Waals surface area contributed by atoms with Crippen LogP contribution in [0.3, 0.4) is 0 Å². The van der Waals surface area contributed by atoms with Gasteiger partial charge in [0.1, 0.15) is 24.4 Å². The Hall–Kier alpha value is -1.26. The predicted octanol–water partition coefficient (Wildman–Crippen LogP) is 9.07. The van der Waals surface area contributed by atoms with Crippen LogP contribution in [-0.4, -0.2) is 81.8 Å². The molecule has 2 amide bonds. The van der Waals surface area contributed by atoms with E-state index in [9.17, 15) is 24.9 Å². The normalized spacial score (nSPS) is 20.9. The van der Waals surface area contributed by atoms with E-state index in [0.717, 1.165) is 38.5 Å². The van der Waals surface area contributed by atoms with Crippen molar-refractivity contribution in [2.45, 2.75) is 251 Å². The van der Waals surface area contributed by atoms with Crippen molar-refractivity contribution >= 4 is 11.8 Å². The topological polar surface area (TPSA) is 145 Å². The number of carbonyl (C=O) groups excluding carboxylic acids is 2. The van der Waals surface area contributed by atoms with Crippen LogP contribution in [0, 0.1) is 5.92 Å². The molecule has 0 spiro atoms. The van der Waals surface area contributed by atoms with Gasteiger partial charge in [-0.2, -0.15) is 0 Å². The quantitative estimate of drug-likeness (QED) is 0.0406. The lowest BCUT2D eigenvalue weighted by Gasteiger charge is -2.47. The molecular weight excluding hydrogens is 666 g/mol. The van der Waals surface area contributed by atoms with Gasteiger partial charge in [-0.3, -0.25) is 9.59 Å². The minimum Gasteiger partial charge on any atom is -0.394 e. The number of amides is 2. The van der Waals surface area contributed by atoms with Crippen LogP contribution in [0.25, 0.3) is 0 Å². The van der Waals surface area contributed by atoms with Crippen molar-refractivity contribution in [1.82, 2.24) is 10.2 Å². The molecule has 1 aliphatic rings. The van der Waals surface area contributed by atoms with Gasteiger partial charge in [0, 0.05) is 13.0 Å². The number of nitrogens with one attached hydrogen (secondary N) is 1.